The second kappa shape index (κ2) is 15.3. The van der Waals surface area contributed by atoms with E-state index in [1.54, 1.807) is 0 Å². The summed E-state index contributed by atoms with van der Waals surface area (Å²) in [6, 6.07) is 77.8. The Morgan fingerprint density at radius 1 is 0.414 bits per heavy atom. The van der Waals surface area contributed by atoms with Gasteiger partial charge in [-0.15, -0.1) is 0 Å². The molecule has 0 aliphatic rings. The number of hydrogen-bond acceptors (Lipinski definition) is 4. The van der Waals surface area contributed by atoms with Gasteiger partial charge in [0, 0.05) is 49.4 Å². The molecule has 0 saturated heterocycles. The van der Waals surface area contributed by atoms with Crippen LogP contribution in [0.3, 0.4) is 0 Å². The van der Waals surface area contributed by atoms with Crippen LogP contribution in [0.15, 0.2) is 227 Å². The fourth-order valence-electron chi connectivity index (χ4n) is 10.7. The second-order valence-electron chi connectivity index (χ2n) is 17.9. The lowest BCUT2D eigenvalue weighted by atomic mass is 9.99. The molecule has 0 fully saturated rings. The first-order valence-electron chi connectivity index (χ1n) is 23.2. The van der Waals surface area contributed by atoms with Crippen LogP contribution in [0.2, 0.25) is 0 Å². The van der Waals surface area contributed by atoms with E-state index in [-0.39, 0.29) is 0 Å². The summed E-state index contributed by atoms with van der Waals surface area (Å²) in [6.45, 7) is 8.81. The SMILES string of the molecule is [C-]#[N+]c1cc(N(c2ccc(-c3ccc4oc5ccccc5c4c3)cc2)c2ccc3ccccc3c2)cc(C#N)c1-n1c2ccc(-c3ccc4oc5ccccc5c4c3)cc2c2c3ccccc3ccc21. The minimum atomic E-state index is 0.366. The Hall–Kier alpha value is -9.88. The normalized spacial score (nSPS) is 11.7. The monoisotopic (exact) mass is 892 g/mol. The molecular formula is C64H36N4O2. The number of aromatic nitrogens is 1. The van der Waals surface area contributed by atoms with Crippen molar-refractivity contribution in [3.63, 3.8) is 0 Å². The standard InChI is InChI=1S/C64H36N4O2/c1-66-56-37-49(67(48-27-20-39-10-2-3-12-42(39)32-48)47-25-18-40(19-26-47)43-23-30-61-53(34-43)51-14-6-8-16-59(51)69-61)33-46(38-65)64(56)68-57-28-22-44(36-55(57)63-50-13-5-4-11-41(50)21-29-58(63)68)45-24-31-62-54(35-45)52-15-7-9-17-60(52)70-62/h2-37H. The van der Waals surface area contributed by atoms with E-state index in [1.165, 1.54) is 0 Å². The van der Waals surface area contributed by atoms with Gasteiger partial charge in [0.25, 0.3) is 0 Å². The number of fused-ring (bicyclic) bond motifs is 12. The predicted molar refractivity (Wildman–Crippen MR) is 287 cm³/mol. The number of benzene rings is 11. The van der Waals surface area contributed by atoms with Crippen molar-refractivity contribution in [2.45, 2.75) is 0 Å². The molecule has 0 spiro atoms. The van der Waals surface area contributed by atoms with Crippen LogP contribution in [0.1, 0.15) is 5.56 Å². The molecule has 0 amide bonds. The third kappa shape index (κ3) is 6.04. The van der Waals surface area contributed by atoms with Gasteiger partial charge in [0.2, 0.25) is 5.69 Å². The number of nitriles is 1. The molecular weight excluding hydrogens is 857 g/mol. The summed E-state index contributed by atoms with van der Waals surface area (Å²) in [7, 11) is 0. The molecule has 11 aromatic carbocycles. The molecule has 0 unspecified atom stereocenters. The zero-order chi connectivity index (χ0) is 46.5. The molecule has 0 radical (unpaired) electrons. The minimum Gasteiger partial charge on any atom is -0.456 e. The third-order valence-corrected chi connectivity index (χ3v) is 14.0. The van der Waals surface area contributed by atoms with E-state index in [1.807, 2.05) is 66.7 Å². The van der Waals surface area contributed by atoms with Crippen molar-refractivity contribution in [2.24, 2.45) is 0 Å². The molecule has 0 atom stereocenters. The van der Waals surface area contributed by atoms with Crippen molar-refractivity contribution in [1.82, 2.24) is 4.57 Å². The summed E-state index contributed by atoms with van der Waals surface area (Å²) >= 11 is 0. The third-order valence-electron chi connectivity index (χ3n) is 14.0. The first kappa shape index (κ1) is 39.3. The molecule has 70 heavy (non-hydrogen) atoms. The summed E-state index contributed by atoms with van der Waals surface area (Å²) in [5.74, 6) is 0. The van der Waals surface area contributed by atoms with E-state index in [4.69, 9.17) is 15.4 Å². The van der Waals surface area contributed by atoms with E-state index in [9.17, 15) is 5.26 Å². The van der Waals surface area contributed by atoms with Crippen molar-refractivity contribution >= 4 is 110 Å². The van der Waals surface area contributed by atoms with Gasteiger partial charge in [0.05, 0.1) is 28.9 Å². The molecule has 14 rings (SSSR count). The molecule has 0 saturated carbocycles. The molecule has 14 aromatic rings. The Morgan fingerprint density at radius 3 is 1.63 bits per heavy atom. The number of anilines is 3. The molecule has 6 nitrogen and oxygen atoms in total. The van der Waals surface area contributed by atoms with Crippen LogP contribution in [-0.2, 0) is 0 Å². The lowest BCUT2D eigenvalue weighted by molar-refractivity contribution is 0.668. The summed E-state index contributed by atoms with van der Waals surface area (Å²) in [4.78, 5) is 6.38. The van der Waals surface area contributed by atoms with Crippen LogP contribution in [0.4, 0.5) is 22.7 Å². The Bertz CT molecular complexity index is 4540. The van der Waals surface area contributed by atoms with Gasteiger partial charge in [-0.25, -0.2) is 4.85 Å². The first-order chi connectivity index (χ1) is 34.6. The van der Waals surface area contributed by atoms with Crippen LogP contribution >= 0.6 is 0 Å². The summed E-state index contributed by atoms with van der Waals surface area (Å²) in [5, 5.41) is 22.1. The van der Waals surface area contributed by atoms with E-state index in [2.05, 4.69) is 172 Å². The fourth-order valence-corrected chi connectivity index (χ4v) is 10.7. The van der Waals surface area contributed by atoms with Gasteiger partial charge in [0.15, 0.2) is 0 Å². The highest BCUT2D eigenvalue weighted by Crippen LogP contribution is 2.46. The average molecular weight is 893 g/mol. The van der Waals surface area contributed by atoms with Crippen molar-refractivity contribution in [2.75, 3.05) is 4.90 Å². The van der Waals surface area contributed by atoms with Gasteiger partial charge < -0.3 is 18.3 Å². The van der Waals surface area contributed by atoms with Gasteiger partial charge in [-0.05, 0) is 135 Å². The number of para-hydroxylation sites is 2. The summed E-state index contributed by atoms with van der Waals surface area (Å²) < 4.78 is 14.4. The van der Waals surface area contributed by atoms with Crippen molar-refractivity contribution in [3.8, 4) is 34.0 Å². The van der Waals surface area contributed by atoms with Crippen LogP contribution in [0.25, 0.3) is 120 Å². The summed E-state index contributed by atoms with van der Waals surface area (Å²) in [6.07, 6.45) is 0. The first-order valence-corrected chi connectivity index (χ1v) is 23.2. The molecule has 3 aromatic heterocycles. The van der Waals surface area contributed by atoms with Crippen LogP contribution in [0, 0.1) is 17.9 Å². The van der Waals surface area contributed by atoms with Crippen LogP contribution < -0.4 is 4.90 Å². The largest absolute Gasteiger partial charge is 0.456 e. The highest BCUT2D eigenvalue weighted by molar-refractivity contribution is 6.22. The summed E-state index contributed by atoms with van der Waals surface area (Å²) in [5.41, 5.74) is 13.3. The predicted octanol–water partition coefficient (Wildman–Crippen LogP) is 18.1. The Balaban J connectivity index is 0.946. The smallest absolute Gasteiger partial charge is 0.214 e. The molecule has 3 heterocycles. The zero-order valence-electron chi connectivity index (χ0n) is 37.4. The van der Waals surface area contributed by atoms with Crippen LogP contribution in [0.5, 0.6) is 0 Å². The molecule has 6 heteroatoms. The van der Waals surface area contributed by atoms with Crippen LogP contribution in [-0.4, -0.2) is 4.57 Å². The topological polar surface area (TPSA) is 62.6 Å². The molecule has 324 valence electrons. The highest BCUT2D eigenvalue weighted by Gasteiger charge is 2.24. The van der Waals surface area contributed by atoms with Crippen molar-refractivity contribution in [1.29, 1.82) is 5.26 Å². The van der Waals surface area contributed by atoms with Gasteiger partial charge >= 0.3 is 0 Å². The van der Waals surface area contributed by atoms with Gasteiger partial charge in [-0.2, -0.15) is 5.26 Å². The number of furan rings is 2. The zero-order valence-corrected chi connectivity index (χ0v) is 37.4. The van der Waals surface area contributed by atoms with E-state index < -0.39 is 0 Å². The van der Waals surface area contributed by atoms with Gasteiger partial charge in [0.1, 0.15) is 28.4 Å². The number of nitrogens with zero attached hydrogens (tertiary/aromatic N) is 4. The Morgan fingerprint density at radius 2 is 0.943 bits per heavy atom. The fraction of sp³-hybridized carbons (Fsp3) is 0. The van der Waals surface area contributed by atoms with E-state index in [0.717, 1.165) is 121 Å². The average Bonchev–Trinajstić information content (AvgIpc) is 4.10. The maximum Gasteiger partial charge on any atom is 0.214 e. The number of hydrogen-bond donors (Lipinski definition) is 0. The maximum absolute atomic E-state index is 11.3. The Labute approximate surface area is 401 Å². The number of rotatable bonds is 6. The van der Waals surface area contributed by atoms with E-state index >= 15 is 0 Å². The maximum atomic E-state index is 11.3. The quantitative estimate of drug-likeness (QED) is 0.156. The van der Waals surface area contributed by atoms with Gasteiger partial charge in [-0.1, -0.05) is 127 Å². The van der Waals surface area contributed by atoms with Crippen molar-refractivity contribution < 1.29 is 8.83 Å². The molecule has 0 aliphatic heterocycles. The lowest BCUT2D eigenvalue weighted by Gasteiger charge is -2.27. The minimum absolute atomic E-state index is 0.366. The highest BCUT2D eigenvalue weighted by atomic mass is 16.3. The van der Waals surface area contributed by atoms with E-state index in [0.29, 0.717) is 22.6 Å². The second-order valence-corrected chi connectivity index (χ2v) is 17.9. The molecule has 0 aliphatic carbocycles. The molecule has 0 bridgehead atoms. The molecule has 0 N–H and O–H groups in total. The Kier molecular flexibility index (Phi) is 8.61. The lowest BCUT2D eigenvalue weighted by Crippen LogP contribution is -2.11. The van der Waals surface area contributed by atoms with Gasteiger partial charge in [-0.3, -0.25) is 0 Å². The van der Waals surface area contributed by atoms with Crippen molar-refractivity contribution in [3.05, 3.63) is 235 Å².